The highest BCUT2D eigenvalue weighted by atomic mass is 19.4. The molecule has 3 aliphatic rings. The number of rotatable bonds is 5. The number of alkyl halides is 6. The summed E-state index contributed by atoms with van der Waals surface area (Å²) in [5.74, 6) is -0.00716. The molecule has 11 heteroatoms. The van der Waals surface area contributed by atoms with Crippen molar-refractivity contribution in [3.8, 4) is 0 Å². The van der Waals surface area contributed by atoms with E-state index in [-0.39, 0.29) is 37.6 Å². The average Bonchev–Trinajstić information content (AvgIpc) is 3.06. The zero-order chi connectivity index (χ0) is 24.7. The van der Waals surface area contributed by atoms with Gasteiger partial charge in [-0.05, 0) is 57.6 Å². The van der Waals surface area contributed by atoms with Gasteiger partial charge in [-0.3, -0.25) is 4.79 Å². The summed E-state index contributed by atoms with van der Waals surface area (Å²) in [6.07, 6.45) is -6.19. The molecule has 5 nitrogen and oxygen atoms in total. The number of halogens is 6. The molecule has 0 radical (unpaired) electrons. The van der Waals surface area contributed by atoms with E-state index in [0.29, 0.717) is 33.8 Å². The Bertz CT molecular complexity index is 970. The number of hydrogen-bond acceptors (Lipinski definition) is 4. The lowest BCUT2D eigenvalue weighted by Gasteiger charge is -2.33. The molecule has 0 fully saturated rings. The van der Waals surface area contributed by atoms with Crippen LogP contribution in [0.4, 0.5) is 26.3 Å². The van der Waals surface area contributed by atoms with Gasteiger partial charge in [0.1, 0.15) is 11.9 Å². The molecule has 3 aliphatic heterocycles. The molecule has 3 rings (SSSR count). The van der Waals surface area contributed by atoms with Crippen LogP contribution in [0.25, 0.3) is 0 Å². The Hall–Kier alpha value is -2.69. The largest absolute Gasteiger partial charge is 0.412 e. The highest BCUT2D eigenvalue weighted by Gasteiger charge is 2.43. The number of fused-ring (bicyclic) bond motifs is 1. The number of nitrogens with zero attached hydrogens (tertiary/aromatic N) is 1. The molecule has 2 unspecified atom stereocenters. The van der Waals surface area contributed by atoms with Crippen molar-refractivity contribution in [1.82, 2.24) is 21.1 Å². The Balaban J connectivity index is 1.90. The summed E-state index contributed by atoms with van der Waals surface area (Å²) in [7, 11) is 0. The van der Waals surface area contributed by atoms with Gasteiger partial charge in [0, 0.05) is 22.9 Å². The first-order chi connectivity index (χ1) is 15.3. The van der Waals surface area contributed by atoms with Crippen molar-refractivity contribution in [1.29, 1.82) is 0 Å². The van der Waals surface area contributed by atoms with Gasteiger partial charge in [0.05, 0.1) is 11.7 Å². The number of amides is 1. The number of hydrazine groups is 1. The minimum Gasteiger partial charge on any atom is -0.380 e. The maximum absolute atomic E-state index is 13.0. The summed E-state index contributed by atoms with van der Waals surface area (Å²) >= 11 is 0. The Morgan fingerprint density at radius 2 is 1.91 bits per heavy atom. The number of carbonyl (C=O) groups excluding carboxylic acids is 1. The lowest BCUT2D eigenvalue weighted by Crippen LogP contribution is -2.48. The van der Waals surface area contributed by atoms with E-state index in [1.165, 1.54) is 11.2 Å². The topological polar surface area (TPSA) is 56.4 Å². The molecule has 0 saturated heterocycles. The van der Waals surface area contributed by atoms with Crippen LogP contribution in [0, 0.1) is 0 Å². The van der Waals surface area contributed by atoms with Crippen LogP contribution in [0.5, 0.6) is 0 Å². The number of nitrogens with one attached hydrogen (secondary N) is 3. The van der Waals surface area contributed by atoms with E-state index in [0.717, 1.165) is 0 Å². The van der Waals surface area contributed by atoms with Gasteiger partial charge in [-0.25, -0.2) is 10.4 Å². The Labute approximate surface area is 187 Å². The van der Waals surface area contributed by atoms with Crippen LogP contribution in [0.3, 0.4) is 0 Å². The van der Waals surface area contributed by atoms with E-state index in [9.17, 15) is 31.1 Å². The summed E-state index contributed by atoms with van der Waals surface area (Å²) in [6, 6.07) is -2.03. The van der Waals surface area contributed by atoms with Crippen LogP contribution in [0.15, 0.2) is 58.2 Å². The molecule has 2 atom stereocenters. The van der Waals surface area contributed by atoms with Crippen molar-refractivity contribution < 1.29 is 31.1 Å². The molecule has 33 heavy (non-hydrogen) atoms. The normalized spacial score (nSPS) is 24.5. The SMILES string of the molecule is C=C(CC/C(=C\C)C1=C2NC(C3=CNC(C(F)(F)F)CC3)=C(C)C(=O)N2NC1C)C(F)(F)F. The lowest BCUT2D eigenvalue weighted by atomic mass is 9.93. The second-order valence-corrected chi connectivity index (χ2v) is 8.26. The van der Waals surface area contributed by atoms with Crippen molar-refractivity contribution in [2.24, 2.45) is 0 Å². The Kier molecular flexibility index (Phi) is 6.74. The van der Waals surface area contributed by atoms with E-state index < -0.39 is 24.0 Å². The zero-order valence-electron chi connectivity index (χ0n) is 18.5. The molecular formula is C22H26F6N4O. The van der Waals surface area contributed by atoms with Crippen molar-refractivity contribution >= 4 is 5.91 Å². The lowest BCUT2D eigenvalue weighted by molar-refractivity contribution is -0.155. The average molecular weight is 476 g/mol. The molecule has 0 spiro atoms. The summed E-state index contributed by atoms with van der Waals surface area (Å²) < 4.78 is 77.6. The minimum absolute atomic E-state index is 0.0684. The third kappa shape index (κ3) is 4.97. The number of hydrogen-bond donors (Lipinski definition) is 3. The first kappa shape index (κ1) is 24.9. The van der Waals surface area contributed by atoms with Crippen LogP contribution >= 0.6 is 0 Å². The van der Waals surface area contributed by atoms with Crippen LogP contribution in [0.1, 0.15) is 46.5 Å². The molecular weight excluding hydrogens is 450 g/mol. The van der Waals surface area contributed by atoms with E-state index in [2.05, 4.69) is 22.6 Å². The molecule has 1 amide bonds. The maximum Gasteiger partial charge on any atom is 0.412 e. The predicted octanol–water partition coefficient (Wildman–Crippen LogP) is 4.85. The third-order valence-corrected chi connectivity index (χ3v) is 6.05. The van der Waals surface area contributed by atoms with Crippen LogP contribution in [-0.2, 0) is 4.79 Å². The second kappa shape index (κ2) is 8.92. The molecule has 182 valence electrons. The molecule has 0 aromatic rings. The smallest absolute Gasteiger partial charge is 0.380 e. The van der Waals surface area contributed by atoms with Crippen molar-refractivity contribution in [2.75, 3.05) is 0 Å². The molecule has 3 heterocycles. The Morgan fingerprint density at radius 1 is 1.24 bits per heavy atom. The summed E-state index contributed by atoms with van der Waals surface area (Å²) in [5, 5.41) is 6.82. The fourth-order valence-electron chi connectivity index (χ4n) is 4.14. The maximum atomic E-state index is 13.0. The summed E-state index contributed by atoms with van der Waals surface area (Å²) in [4.78, 5) is 13.0. The fraction of sp³-hybridized carbons (Fsp3) is 0.500. The van der Waals surface area contributed by atoms with Crippen LogP contribution < -0.4 is 16.1 Å². The first-order valence-corrected chi connectivity index (χ1v) is 10.5. The van der Waals surface area contributed by atoms with E-state index in [1.807, 2.05) is 0 Å². The monoisotopic (exact) mass is 476 g/mol. The molecule has 0 aromatic heterocycles. The van der Waals surface area contributed by atoms with Gasteiger partial charge < -0.3 is 10.6 Å². The predicted molar refractivity (Wildman–Crippen MR) is 111 cm³/mol. The van der Waals surface area contributed by atoms with Crippen LogP contribution in [-0.4, -0.2) is 35.4 Å². The molecule has 0 aromatic carbocycles. The summed E-state index contributed by atoms with van der Waals surface area (Å²) in [6.45, 7) is 8.17. The van der Waals surface area contributed by atoms with Crippen LogP contribution in [0.2, 0.25) is 0 Å². The third-order valence-electron chi connectivity index (χ3n) is 6.05. The van der Waals surface area contributed by atoms with Gasteiger partial charge in [-0.1, -0.05) is 12.7 Å². The molecule has 3 N–H and O–H groups in total. The van der Waals surface area contributed by atoms with E-state index in [1.54, 1.807) is 26.8 Å². The van der Waals surface area contributed by atoms with E-state index >= 15 is 0 Å². The van der Waals surface area contributed by atoms with Gasteiger partial charge in [0.2, 0.25) is 0 Å². The number of carbonyl (C=O) groups is 1. The highest BCUT2D eigenvalue weighted by Crippen LogP contribution is 2.37. The molecule has 0 bridgehead atoms. The first-order valence-electron chi connectivity index (χ1n) is 10.5. The van der Waals surface area contributed by atoms with Crippen molar-refractivity contribution in [3.63, 3.8) is 0 Å². The van der Waals surface area contributed by atoms with Gasteiger partial charge >= 0.3 is 12.4 Å². The van der Waals surface area contributed by atoms with E-state index in [4.69, 9.17) is 0 Å². The van der Waals surface area contributed by atoms with Crippen molar-refractivity contribution in [2.45, 2.75) is 70.9 Å². The number of allylic oxidation sites excluding steroid dienone is 3. The van der Waals surface area contributed by atoms with Gasteiger partial charge in [0.15, 0.2) is 0 Å². The second-order valence-electron chi connectivity index (χ2n) is 8.26. The van der Waals surface area contributed by atoms with Gasteiger partial charge in [0.25, 0.3) is 5.91 Å². The molecule has 0 aliphatic carbocycles. The highest BCUT2D eigenvalue weighted by molar-refractivity contribution is 5.97. The standard InChI is InChI=1S/C22H26F6N4O/c1-5-14(7-6-11(2)21(23,24)25)17-13(4)31-32-19(17)30-18(12(3)20(32)33)15-8-9-16(29-10-15)22(26,27)28/h5,10,13,16,29-31H,2,6-9H2,1,3-4H3/b14-5+. The fourth-order valence-corrected chi connectivity index (χ4v) is 4.14. The minimum atomic E-state index is -4.48. The van der Waals surface area contributed by atoms with Gasteiger partial charge in [-0.15, -0.1) is 0 Å². The zero-order valence-corrected chi connectivity index (χ0v) is 18.5. The van der Waals surface area contributed by atoms with Gasteiger partial charge in [-0.2, -0.15) is 26.3 Å². The van der Waals surface area contributed by atoms with Crippen molar-refractivity contribution in [3.05, 3.63) is 58.2 Å². The summed E-state index contributed by atoms with van der Waals surface area (Å²) in [5.41, 5.74) is 4.67. The quantitative estimate of drug-likeness (QED) is 0.392. The Morgan fingerprint density at radius 3 is 2.42 bits per heavy atom. The molecule has 0 saturated carbocycles.